The largest absolute Gasteiger partial charge is 0.291 e. The molecule has 14 heavy (non-hydrogen) atoms. The molecule has 1 aromatic rings. The molecule has 1 unspecified atom stereocenters. The zero-order chi connectivity index (χ0) is 10.4. The standard InChI is InChI=1S/C6H7Cl2N5O/c1-5(2-6(5,7)8)3(14)9-4-10-12-13-11-4/h2H2,1H3,(H2,9,10,11,12,13,14). The average molecular weight is 236 g/mol. The maximum Gasteiger partial charge on any atom is 0.269 e. The highest BCUT2D eigenvalue weighted by molar-refractivity contribution is 6.53. The van der Waals surface area contributed by atoms with Gasteiger partial charge in [0.25, 0.3) is 5.95 Å². The average Bonchev–Trinajstić information content (AvgIpc) is 2.54. The third-order valence-electron chi connectivity index (χ3n) is 2.33. The van der Waals surface area contributed by atoms with Gasteiger partial charge in [0.1, 0.15) is 4.33 Å². The van der Waals surface area contributed by atoms with Gasteiger partial charge in [0, 0.05) is 0 Å². The lowest BCUT2D eigenvalue weighted by Gasteiger charge is -2.09. The molecular formula is C6H7Cl2N5O. The SMILES string of the molecule is CC1(C(=O)Nc2nn[nH]n2)CC1(Cl)Cl. The molecular weight excluding hydrogens is 229 g/mol. The molecule has 1 saturated carbocycles. The number of anilines is 1. The molecule has 1 fully saturated rings. The van der Waals surface area contributed by atoms with Crippen LogP contribution in [0.2, 0.25) is 0 Å². The van der Waals surface area contributed by atoms with Gasteiger partial charge < -0.3 is 0 Å². The van der Waals surface area contributed by atoms with Gasteiger partial charge in [-0.25, -0.2) is 0 Å². The van der Waals surface area contributed by atoms with E-state index >= 15 is 0 Å². The maximum absolute atomic E-state index is 11.6. The molecule has 76 valence electrons. The summed E-state index contributed by atoms with van der Waals surface area (Å²) in [7, 11) is 0. The summed E-state index contributed by atoms with van der Waals surface area (Å²) in [5, 5.41) is 15.1. The number of aromatic amines is 1. The zero-order valence-electron chi connectivity index (χ0n) is 7.21. The Balaban J connectivity index is 2.05. The van der Waals surface area contributed by atoms with Crippen molar-refractivity contribution < 1.29 is 4.79 Å². The molecule has 2 N–H and O–H groups in total. The molecule has 1 aliphatic rings. The first kappa shape index (κ1) is 9.67. The number of carbonyl (C=O) groups is 1. The van der Waals surface area contributed by atoms with Crippen LogP contribution in [0.15, 0.2) is 0 Å². The fraction of sp³-hybridized carbons (Fsp3) is 0.667. The van der Waals surface area contributed by atoms with Crippen molar-refractivity contribution >= 4 is 35.1 Å². The quantitative estimate of drug-likeness (QED) is 0.741. The van der Waals surface area contributed by atoms with E-state index in [1.807, 2.05) is 0 Å². The topological polar surface area (TPSA) is 83.6 Å². The lowest BCUT2D eigenvalue weighted by molar-refractivity contribution is -0.120. The molecule has 1 amide bonds. The van der Waals surface area contributed by atoms with Crippen molar-refractivity contribution in [2.45, 2.75) is 17.7 Å². The Bertz CT molecular complexity index is 364. The monoisotopic (exact) mass is 235 g/mol. The molecule has 0 aliphatic heterocycles. The van der Waals surface area contributed by atoms with Gasteiger partial charge in [-0.3, -0.25) is 10.1 Å². The van der Waals surface area contributed by atoms with E-state index in [-0.39, 0.29) is 11.9 Å². The van der Waals surface area contributed by atoms with Crippen LogP contribution in [-0.2, 0) is 4.79 Å². The van der Waals surface area contributed by atoms with Crippen molar-refractivity contribution in [3.8, 4) is 0 Å². The Morgan fingerprint density at radius 2 is 2.29 bits per heavy atom. The van der Waals surface area contributed by atoms with Crippen molar-refractivity contribution in [1.82, 2.24) is 20.6 Å². The number of nitrogens with one attached hydrogen (secondary N) is 2. The number of nitrogens with zero attached hydrogens (tertiary/aromatic N) is 3. The van der Waals surface area contributed by atoms with Gasteiger partial charge in [0.05, 0.1) is 5.41 Å². The summed E-state index contributed by atoms with van der Waals surface area (Å²) in [5.74, 6) is -0.184. The number of alkyl halides is 2. The lowest BCUT2D eigenvalue weighted by Crippen LogP contribution is -2.26. The van der Waals surface area contributed by atoms with Crippen LogP contribution in [0.1, 0.15) is 13.3 Å². The van der Waals surface area contributed by atoms with E-state index < -0.39 is 9.75 Å². The Hall–Kier alpha value is -0.880. The molecule has 0 spiro atoms. The van der Waals surface area contributed by atoms with Crippen LogP contribution in [0.25, 0.3) is 0 Å². The molecule has 2 rings (SSSR count). The number of halogens is 2. The molecule has 1 aromatic heterocycles. The smallest absolute Gasteiger partial charge is 0.269 e. The van der Waals surface area contributed by atoms with Gasteiger partial charge in [0.15, 0.2) is 0 Å². The Labute approximate surface area is 89.3 Å². The van der Waals surface area contributed by atoms with Gasteiger partial charge in [-0.2, -0.15) is 5.21 Å². The second-order valence-corrected chi connectivity index (χ2v) is 4.89. The van der Waals surface area contributed by atoms with E-state index in [1.165, 1.54) is 0 Å². The van der Waals surface area contributed by atoms with E-state index in [4.69, 9.17) is 23.2 Å². The number of amides is 1. The predicted molar refractivity (Wildman–Crippen MR) is 50.0 cm³/mol. The summed E-state index contributed by atoms with van der Waals surface area (Å²) in [6, 6.07) is 0. The van der Waals surface area contributed by atoms with E-state index in [1.54, 1.807) is 6.92 Å². The van der Waals surface area contributed by atoms with Gasteiger partial charge in [0.2, 0.25) is 5.91 Å². The number of hydrogen-bond donors (Lipinski definition) is 2. The zero-order valence-corrected chi connectivity index (χ0v) is 8.72. The molecule has 0 aromatic carbocycles. The van der Waals surface area contributed by atoms with Crippen molar-refractivity contribution in [2.24, 2.45) is 5.41 Å². The molecule has 8 heteroatoms. The molecule has 6 nitrogen and oxygen atoms in total. The van der Waals surface area contributed by atoms with E-state index in [9.17, 15) is 4.79 Å². The molecule has 0 saturated heterocycles. The third-order valence-corrected chi connectivity index (χ3v) is 3.43. The number of hydrogen-bond acceptors (Lipinski definition) is 4. The number of carbonyl (C=O) groups excluding carboxylic acids is 1. The highest BCUT2D eigenvalue weighted by Crippen LogP contribution is 2.64. The first-order valence-corrected chi connectivity index (χ1v) is 4.64. The van der Waals surface area contributed by atoms with Crippen molar-refractivity contribution in [2.75, 3.05) is 5.32 Å². The lowest BCUT2D eigenvalue weighted by atomic mass is 10.1. The Kier molecular flexibility index (Phi) is 1.94. The molecule has 1 heterocycles. The highest BCUT2D eigenvalue weighted by atomic mass is 35.5. The van der Waals surface area contributed by atoms with Crippen LogP contribution in [0.5, 0.6) is 0 Å². The molecule has 0 bridgehead atoms. The third kappa shape index (κ3) is 1.34. The van der Waals surface area contributed by atoms with Gasteiger partial charge in [-0.05, 0) is 18.6 Å². The minimum Gasteiger partial charge on any atom is -0.291 e. The van der Waals surface area contributed by atoms with Gasteiger partial charge in [-0.1, -0.05) is 5.10 Å². The van der Waals surface area contributed by atoms with Crippen molar-refractivity contribution in [1.29, 1.82) is 0 Å². The fourth-order valence-corrected chi connectivity index (χ4v) is 1.81. The molecule has 0 radical (unpaired) electrons. The van der Waals surface area contributed by atoms with Crippen LogP contribution in [0.3, 0.4) is 0 Å². The minimum absolute atomic E-state index is 0.118. The fourth-order valence-electron chi connectivity index (χ4n) is 1.10. The van der Waals surface area contributed by atoms with Gasteiger partial charge >= 0.3 is 0 Å². The van der Waals surface area contributed by atoms with Crippen LogP contribution in [0.4, 0.5) is 5.95 Å². The summed E-state index contributed by atoms with van der Waals surface area (Å²) in [4.78, 5) is 11.6. The van der Waals surface area contributed by atoms with E-state index in [2.05, 4.69) is 25.9 Å². The summed E-state index contributed by atoms with van der Waals surface area (Å²) in [5.41, 5.74) is -0.767. The highest BCUT2D eigenvalue weighted by Gasteiger charge is 2.68. The van der Waals surface area contributed by atoms with Gasteiger partial charge in [-0.15, -0.1) is 28.3 Å². The summed E-state index contributed by atoms with van der Waals surface area (Å²) in [6.07, 6.45) is 0.423. The molecule has 1 atom stereocenters. The Morgan fingerprint density at radius 1 is 1.64 bits per heavy atom. The first-order chi connectivity index (χ1) is 6.46. The summed E-state index contributed by atoms with van der Waals surface area (Å²) >= 11 is 11.6. The van der Waals surface area contributed by atoms with E-state index in [0.29, 0.717) is 6.42 Å². The maximum atomic E-state index is 11.6. The number of H-pyrrole nitrogens is 1. The second kappa shape index (κ2) is 2.80. The number of rotatable bonds is 2. The van der Waals surface area contributed by atoms with E-state index in [0.717, 1.165) is 0 Å². The number of aromatic nitrogens is 4. The Morgan fingerprint density at radius 3 is 2.71 bits per heavy atom. The first-order valence-electron chi connectivity index (χ1n) is 3.88. The summed E-state index contributed by atoms with van der Waals surface area (Å²) < 4.78 is -0.985. The number of tetrazole rings is 1. The van der Waals surface area contributed by atoms with Crippen LogP contribution in [0, 0.1) is 5.41 Å². The second-order valence-electron chi connectivity index (χ2n) is 3.40. The molecule has 1 aliphatic carbocycles. The van der Waals surface area contributed by atoms with Crippen LogP contribution < -0.4 is 5.32 Å². The van der Waals surface area contributed by atoms with Crippen molar-refractivity contribution in [3.05, 3.63) is 0 Å². The minimum atomic E-state index is -0.985. The summed E-state index contributed by atoms with van der Waals surface area (Å²) in [6.45, 7) is 1.68. The normalized spacial score (nSPS) is 28.5. The van der Waals surface area contributed by atoms with Crippen LogP contribution in [-0.4, -0.2) is 30.9 Å². The predicted octanol–water partition coefficient (Wildman–Crippen LogP) is 0.722. The van der Waals surface area contributed by atoms with Crippen LogP contribution >= 0.6 is 23.2 Å². The van der Waals surface area contributed by atoms with Crippen molar-refractivity contribution in [3.63, 3.8) is 0 Å².